The van der Waals surface area contributed by atoms with Gasteiger partial charge in [0, 0.05) is 33.6 Å². The van der Waals surface area contributed by atoms with Crippen molar-refractivity contribution < 1.29 is 27.9 Å². The third-order valence-electron chi connectivity index (χ3n) is 6.33. The fourth-order valence-electron chi connectivity index (χ4n) is 3.90. The van der Waals surface area contributed by atoms with Gasteiger partial charge in [-0.15, -0.1) is 0 Å². The molecule has 1 amide bonds. The fraction of sp³-hybridized carbons (Fsp3) is 0.357. The van der Waals surface area contributed by atoms with Crippen LogP contribution in [0.15, 0.2) is 59.6 Å². The van der Waals surface area contributed by atoms with Gasteiger partial charge >= 0.3 is 12.1 Å². The number of anilines is 3. The van der Waals surface area contributed by atoms with Crippen molar-refractivity contribution in [3.63, 3.8) is 0 Å². The zero-order chi connectivity index (χ0) is 31.0. The van der Waals surface area contributed by atoms with Crippen molar-refractivity contribution >= 4 is 51.0 Å². The predicted molar refractivity (Wildman–Crippen MR) is 162 cm³/mol. The minimum atomic E-state index is -3.92. The van der Waals surface area contributed by atoms with Gasteiger partial charge in [-0.05, 0) is 50.6 Å². The van der Waals surface area contributed by atoms with E-state index in [-0.39, 0.29) is 27.8 Å². The molecule has 12 nitrogen and oxygen atoms in total. The van der Waals surface area contributed by atoms with Gasteiger partial charge < -0.3 is 30.3 Å². The van der Waals surface area contributed by atoms with Gasteiger partial charge in [-0.2, -0.15) is 4.98 Å². The molecule has 0 aliphatic rings. The maximum absolute atomic E-state index is 13.3. The highest BCUT2D eigenvalue weighted by Crippen LogP contribution is 2.29. The zero-order valence-electron chi connectivity index (χ0n) is 24.0. The number of carbonyl (C=O) groups excluding carboxylic acids is 1. The Morgan fingerprint density at radius 2 is 1.69 bits per heavy atom. The Hall–Kier alpha value is -4.10. The van der Waals surface area contributed by atoms with Crippen LogP contribution < -0.4 is 20.3 Å². The van der Waals surface area contributed by atoms with Crippen LogP contribution in [0.25, 0.3) is 0 Å². The molecule has 0 fully saturated rings. The van der Waals surface area contributed by atoms with E-state index >= 15 is 0 Å². The third-order valence-corrected chi connectivity index (χ3v) is 8.79. The number of aromatic nitrogens is 2. The molecule has 0 aliphatic carbocycles. The van der Waals surface area contributed by atoms with E-state index in [1.807, 2.05) is 18.7 Å². The van der Waals surface area contributed by atoms with Gasteiger partial charge in [0.15, 0.2) is 15.7 Å². The number of hydrogen-bond donors (Lipinski definition) is 3. The summed E-state index contributed by atoms with van der Waals surface area (Å²) in [6, 6.07) is 11.5. The summed E-state index contributed by atoms with van der Waals surface area (Å²) < 4.78 is 31.8. The second-order valence-electron chi connectivity index (χ2n) is 9.51. The predicted octanol–water partition coefficient (Wildman–Crippen LogP) is 4.38. The van der Waals surface area contributed by atoms with E-state index < -0.39 is 33.3 Å². The highest BCUT2D eigenvalue weighted by molar-refractivity contribution is 7.92. The Bertz CT molecular complexity index is 1500. The van der Waals surface area contributed by atoms with E-state index in [9.17, 15) is 23.1 Å². The lowest BCUT2D eigenvalue weighted by Gasteiger charge is -2.24. The summed E-state index contributed by atoms with van der Waals surface area (Å²) in [5.74, 6) is -0.358. The number of carboxylic acids is 1. The lowest BCUT2D eigenvalue weighted by atomic mass is 10.1. The molecule has 2 atom stereocenters. The number of carboxylic acid groups (broad SMARTS) is 1. The molecule has 1 heterocycles. The molecule has 0 radical (unpaired) electrons. The number of sulfone groups is 1. The molecule has 0 aliphatic heterocycles. The van der Waals surface area contributed by atoms with E-state index in [4.69, 9.17) is 16.3 Å². The normalized spacial score (nSPS) is 12.6. The van der Waals surface area contributed by atoms with Crippen LogP contribution in [0.2, 0.25) is 5.02 Å². The molecule has 0 saturated heterocycles. The van der Waals surface area contributed by atoms with Crippen LogP contribution in [0.5, 0.6) is 5.75 Å². The van der Waals surface area contributed by atoms with Gasteiger partial charge in [-0.3, -0.25) is 0 Å². The molecule has 0 saturated carbocycles. The van der Waals surface area contributed by atoms with Crippen LogP contribution in [-0.4, -0.2) is 79.1 Å². The quantitative estimate of drug-likeness (QED) is 0.250. The second-order valence-corrected chi connectivity index (χ2v) is 12.2. The Morgan fingerprint density at radius 1 is 1.05 bits per heavy atom. The largest absolute Gasteiger partial charge is 0.480 e. The summed E-state index contributed by atoms with van der Waals surface area (Å²) in [6.45, 7) is 6.54. The average Bonchev–Trinajstić information content (AvgIpc) is 2.95. The number of nitrogens with one attached hydrogen (secondary N) is 2. The Kier molecular flexibility index (Phi) is 10.9. The first-order chi connectivity index (χ1) is 19.9. The number of benzene rings is 2. The number of rotatable bonds is 13. The van der Waals surface area contributed by atoms with Crippen LogP contribution in [0.1, 0.15) is 26.3 Å². The van der Waals surface area contributed by atoms with E-state index in [0.29, 0.717) is 30.4 Å². The molecule has 3 rings (SSSR count). The minimum absolute atomic E-state index is 0.0371. The summed E-state index contributed by atoms with van der Waals surface area (Å²) in [5.41, 5.74) is 0.855. The van der Waals surface area contributed by atoms with E-state index in [1.165, 1.54) is 30.2 Å². The van der Waals surface area contributed by atoms with Gasteiger partial charge in [0.2, 0.25) is 5.95 Å². The standard InChI is InChI=1S/C28H35ClN6O6S/c1-6-35(7-2)27-30-17-23(31-18(3)42(39,40)24-11-9-8-10-21(24)29)25(33-27)32-22(26(36)37)16-19-12-14-20(15-13-19)41-28(38)34(4)5/h8-15,17-18,22,31H,6-7,16H2,1-5H3,(H,36,37)(H,30,32,33). The lowest BCUT2D eigenvalue weighted by Crippen LogP contribution is -2.34. The van der Waals surface area contributed by atoms with Crippen molar-refractivity contribution in [2.24, 2.45) is 0 Å². The molecule has 1 aromatic heterocycles. The first-order valence-electron chi connectivity index (χ1n) is 13.2. The monoisotopic (exact) mass is 618 g/mol. The summed E-state index contributed by atoms with van der Waals surface area (Å²) in [6.07, 6.45) is 0.940. The number of ether oxygens (including phenoxy) is 1. The number of nitrogens with zero attached hydrogens (tertiary/aromatic N) is 4. The van der Waals surface area contributed by atoms with Crippen LogP contribution in [0, 0.1) is 0 Å². The van der Waals surface area contributed by atoms with Gasteiger partial charge in [-0.1, -0.05) is 35.9 Å². The maximum Gasteiger partial charge on any atom is 0.414 e. The average molecular weight is 619 g/mol. The molecule has 3 aromatic rings. The first-order valence-corrected chi connectivity index (χ1v) is 15.1. The van der Waals surface area contributed by atoms with Crippen molar-refractivity contribution in [2.75, 3.05) is 42.7 Å². The van der Waals surface area contributed by atoms with Gasteiger partial charge in [0.1, 0.15) is 17.2 Å². The summed E-state index contributed by atoms with van der Waals surface area (Å²) in [4.78, 5) is 36.2. The highest BCUT2D eigenvalue weighted by atomic mass is 35.5. The first kappa shape index (κ1) is 32.4. The Balaban J connectivity index is 1.91. The van der Waals surface area contributed by atoms with Crippen molar-refractivity contribution in [2.45, 2.75) is 43.5 Å². The number of aliphatic carboxylic acids is 1. The van der Waals surface area contributed by atoms with Crippen molar-refractivity contribution in [1.82, 2.24) is 14.9 Å². The van der Waals surface area contributed by atoms with Gasteiger partial charge in [-0.25, -0.2) is 23.0 Å². The molecule has 3 N–H and O–H groups in total. The van der Waals surface area contributed by atoms with Gasteiger partial charge in [0.05, 0.1) is 21.8 Å². The summed E-state index contributed by atoms with van der Waals surface area (Å²) in [5, 5.41) is 14.9. The van der Waals surface area contributed by atoms with Crippen LogP contribution in [0.4, 0.5) is 22.2 Å². The molecule has 2 aromatic carbocycles. The molecule has 14 heteroatoms. The fourth-order valence-corrected chi connectivity index (χ4v) is 5.63. The van der Waals surface area contributed by atoms with Crippen molar-refractivity contribution in [3.05, 3.63) is 65.3 Å². The van der Waals surface area contributed by atoms with Gasteiger partial charge in [0.25, 0.3) is 0 Å². The molecule has 226 valence electrons. The Morgan fingerprint density at radius 3 is 2.26 bits per heavy atom. The molecule has 2 unspecified atom stereocenters. The molecular formula is C28H35ClN6O6S. The van der Waals surface area contributed by atoms with Crippen molar-refractivity contribution in [1.29, 1.82) is 0 Å². The SMILES string of the molecule is CCN(CC)c1ncc(NC(C)S(=O)(=O)c2ccccc2Cl)c(NC(Cc2ccc(OC(=O)N(C)C)cc2)C(=O)O)n1. The molecule has 0 spiro atoms. The van der Waals surface area contributed by atoms with E-state index in [0.717, 1.165) is 0 Å². The highest BCUT2D eigenvalue weighted by Gasteiger charge is 2.28. The number of halogens is 1. The van der Waals surface area contributed by atoms with E-state index in [2.05, 4.69) is 20.6 Å². The Labute approximate surface area is 250 Å². The number of carbonyl (C=O) groups is 2. The maximum atomic E-state index is 13.3. The molecule has 0 bridgehead atoms. The topological polar surface area (TPSA) is 154 Å². The lowest BCUT2D eigenvalue weighted by molar-refractivity contribution is -0.137. The summed E-state index contributed by atoms with van der Waals surface area (Å²) in [7, 11) is -0.796. The number of hydrogen-bond acceptors (Lipinski definition) is 10. The van der Waals surface area contributed by atoms with Crippen LogP contribution in [-0.2, 0) is 21.1 Å². The van der Waals surface area contributed by atoms with E-state index in [1.54, 1.807) is 50.5 Å². The minimum Gasteiger partial charge on any atom is -0.480 e. The summed E-state index contributed by atoms with van der Waals surface area (Å²) >= 11 is 6.16. The second kappa shape index (κ2) is 14.2. The van der Waals surface area contributed by atoms with Crippen LogP contribution in [0.3, 0.4) is 0 Å². The van der Waals surface area contributed by atoms with Crippen LogP contribution >= 0.6 is 11.6 Å². The van der Waals surface area contributed by atoms with Crippen molar-refractivity contribution in [3.8, 4) is 5.75 Å². The number of amides is 1. The zero-order valence-corrected chi connectivity index (χ0v) is 25.6. The third kappa shape index (κ3) is 8.01. The smallest absolute Gasteiger partial charge is 0.414 e. The molecular weight excluding hydrogens is 584 g/mol. The molecule has 42 heavy (non-hydrogen) atoms.